The fourth-order valence-electron chi connectivity index (χ4n) is 2.49. The van der Waals surface area contributed by atoms with Crippen molar-refractivity contribution in [2.75, 3.05) is 24.1 Å². The maximum absolute atomic E-state index is 9.08. The molecule has 26 heavy (non-hydrogen) atoms. The number of nitrogens with zero attached hydrogens (tertiary/aromatic N) is 4. The predicted molar refractivity (Wildman–Crippen MR) is 106 cm³/mol. The Morgan fingerprint density at radius 2 is 2.04 bits per heavy atom. The van der Waals surface area contributed by atoms with Gasteiger partial charge in [0.15, 0.2) is 11.1 Å². The molecule has 2 aromatic heterocycles. The van der Waals surface area contributed by atoms with Crippen LogP contribution < -0.4 is 16.4 Å². The first-order chi connectivity index (χ1) is 12.7. The van der Waals surface area contributed by atoms with Gasteiger partial charge >= 0.3 is 0 Å². The van der Waals surface area contributed by atoms with Crippen LogP contribution in [0.1, 0.15) is 12.0 Å². The van der Waals surface area contributed by atoms with E-state index in [9.17, 15) is 0 Å². The lowest BCUT2D eigenvalue weighted by atomic mass is 10.1. The van der Waals surface area contributed by atoms with E-state index < -0.39 is 0 Å². The van der Waals surface area contributed by atoms with Crippen LogP contribution >= 0.6 is 22.7 Å². The zero-order chi connectivity index (χ0) is 17.9. The Morgan fingerprint density at radius 3 is 2.85 bits per heavy atom. The molecule has 130 valence electrons. The summed E-state index contributed by atoms with van der Waals surface area (Å²) >= 11 is 2.99. The molecule has 1 aliphatic rings. The van der Waals surface area contributed by atoms with Gasteiger partial charge in [0.05, 0.1) is 11.6 Å². The smallest absolute Gasteiger partial charge is 0.197 e. The monoisotopic (exact) mass is 381 g/mol. The molecule has 0 saturated heterocycles. The molecule has 0 saturated carbocycles. The standard InChI is InChI=1S/C17H15N7S2/c18-7-10-2-3-12(19)11(6-10)15-22-13(8-25-15)14-9-26-17(23-14)24-16-20-4-1-5-21-16/h2-3,6,8-9H,1,4-5,19H2,(H2,20,21,23,24). The summed E-state index contributed by atoms with van der Waals surface area (Å²) in [6.07, 6.45) is 1.05. The van der Waals surface area contributed by atoms with Crippen molar-refractivity contribution in [1.82, 2.24) is 15.3 Å². The Balaban J connectivity index is 1.57. The number of hydrogen-bond acceptors (Lipinski definition) is 9. The van der Waals surface area contributed by atoms with Gasteiger partial charge in [-0.1, -0.05) is 0 Å². The molecule has 3 aromatic rings. The summed E-state index contributed by atoms with van der Waals surface area (Å²) in [7, 11) is 0. The van der Waals surface area contributed by atoms with Crippen molar-refractivity contribution in [3.63, 3.8) is 0 Å². The summed E-state index contributed by atoms with van der Waals surface area (Å²) in [5.41, 5.74) is 9.57. The lowest BCUT2D eigenvalue weighted by molar-refractivity contribution is 0.740. The molecule has 0 bridgehead atoms. The molecule has 9 heteroatoms. The van der Waals surface area contributed by atoms with Crippen molar-refractivity contribution in [1.29, 1.82) is 5.26 Å². The Bertz CT molecular complexity index is 1010. The topological polar surface area (TPSA) is 112 Å². The summed E-state index contributed by atoms with van der Waals surface area (Å²) < 4.78 is 0. The number of rotatable bonds is 3. The highest BCUT2D eigenvalue weighted by molar-refractivity contribution is 7.14. The van der Waals surface area contributed by atoms with E-state index in [1.165, 1.54) is 22.7 Å². The first-order valence-corrected chi connectivity index (χ1v) is 9.75. The normalized spacial score (nSPS) is 13.6. The van der Waals surface area contributed by atoms with Gasteiger partial charge in [-0.05, 0) is 24.6 Å². The maximum atomic E-state index is 9.08. The predicted octanol–water partition coefficient (Wildman–Crippen LogP) is 3.15. The van der Waals surface area contributed by atoms with Crippen LogP contribution in [-0.4, -0.2) is 29.0 Å². The quantitative estimate of drug-likeness (QED) is 0.601. The number of aliphatic imine (C=N–C) groups is 1. The number of nitrogens with two attached hydrogens (primary N) is 1. The molecule has 0 aliphatic carbocycles. The highest BCUT2D eigenvalue weighted by Crippen LogP contribution is 2.33. The third-order valence-corrected chi connectivity index (χ3v) is 5.44. The second kappa shape index (κ2) is 7.11. The van der Waals surface area contributed by atoms with Crippen LogP contribution in [0.25, 0.3) is 22.0 Å². The number of anilines is 2. The number of thiazole rings is 2. The van der Waals surface area contributed by atoms with E-state index >= 15 is 0 Å². The van der Waals surface area contributed by atoms with Gasteiger partial charge in [-0.25, -0.2) is 9.97 Å². The number of nitrogen functional groups attached to an aromatic ring is 1. The SMILES string of the molecule is N#Cc1ccc(N)c(-c2nc(-c3csc(NC4=NCCCN4)n3)cs2)c1. The molecule has 0 radical (unpaired) electrons. The minimum atomic E-state index is 0.562. The second-order valence-corrected chi connectivity index (χ2v) is 7.34. The molecule has 0 unspecified atom stereocenters. The fraction of sp³-hybridized carbons (Fsp3) is 0.176. The minimum absolute atomic E-state index is 0.562. The molecule has 1 aliphatic heterocycles. The average molecular weight is 381 g/mol. The number of hydrogen-bond donors (Lipinski definition) is 3. The third-order valence-electron chi connectivity index (χ3n) is 3.81. The molecular formula is C17H15N7S2. The summed E-state index contributed by atoms with van der Waals surface area (Å²) in [4.78, 5) is 13.6. The van der Waals surface area contributed by atoms with Crippen molar-refractivity contribution in [2.24, 2.45) is 4.99 Å². The average Bonchev–Trinajstić information content (AvgIpc) is 3.32. The molecule has 0 atom stereocenters. The van der Waals surface area contributed by atoms with Crippen LogP contribution in [0.4, 0.5) is 10.8 Å². The second-order valence-electron chi connectivity index (χ2n) is 5.63. The van der Waals surface area contributed by atoms with Crippen molar-refractivity contribution >= 4 is 39.5 Å². The van der Waals surface area contributed by atoms with Crippen molar-refractivity contribution in [3.05, 3.63) is 34.5 Å². The van der Waals surface area contributed by atoms with Crippen LogP contribution in [0.15, 0.2) is 34.0 Å². The van der Waals surface area contributed by atoms with Gasteiger partial charge in [0.25, 0.3) is 0 Å². The molecule has 1 aromatic carbocycles. The minimum Gasteiger partial charge on any atom is -0.398 e. The third kappa shape index (κ3) is 3.37. The summed E-state index contributed by atoms with van der Waals surface area (Å²) in [5, 5.41) is 20.9. The molecule has 3 heterocycles. The zero-order valence-corrected chi connectivity index (χ0v) is 15.3. The van der Waals surface area contributed by atoms with E-state index in [1.54, 1.807) is 18.2 Å². The fourth-order valence-corrected chi connectivity index (χ4v) is 4.05. The van der Waals surface area contributed by atoms with Crippen molar-refractivity contribution < 1.29 is 0 Å². The largest absolute Gasteiger partial charge is 0.398 e. The molecule has 7 nitrogen and oxygen atoms in total. The highest BCUT2D eigenvalue weighted by atomic mass is 32.1. The van der Waals surface area contributed by atoms with E-state index in [0.29, 0.717) is 11.3 Å². The van der Waals surface area contributed by atoms with Gasteiger partial charge in [-0.3, -0.25) is 4.99 Å². The Kier molecular flexibility index (Phi) is 4.51. The van der Waals surface area contributed by atoms with Gasteiger partial charge in [-0.15, -0.1) is 22.7 Å². The molecule has 0 amide bonds. The zero-order valence-electron chi connectivity index (χ0n) is 13.7. The Labute approximate surface area is 158 Å². The number of benzene rings is 1. The van der Waals surface area contributed by atoms with Gasteiger partial charge < -0.3 is 16.4 Å². The van der Waals surface area contributed by atoms with E-state index in [0.717, 1.165) is 52.6 Å². The summed E-state index contributed by atoms with van der Waals surface area (Å²) in [6, 6.07) is 7.33. The molecule has 0 spiro atoms. The maximum Gasteiger partial charge on any atom is 0.197 e. The van der Waals surface area contributed by atoms with E-state index in [-0.39, 0.29) is 0 Å². The summed E-state index contributed by atoms with van der Waals surface area (Å²) in [6.45, 7) is 1.74. The first-order valence-electron chi connectivity index (χ1n) is 8.00. The van der Waals surface area contributed by atoms with Gasteiger partial charge in [0, 0.05) is 35.1 Å². The van der Waals surface area contributed by atoms with Crippen molar-refractivity contribution in [3.8, 4) is 28.0 Å². The van der Waals surface area contributed by atoms with E-state index in [2.05, 4.69) is 31.7 Å². The lowest BCUT2D eigenvalue weighted by Gasteiger charge is -2.13. The summed E-state index contributed by atoms with van der Waals surface area (Å²) in [5.74, 6) is 0.761. The Hall–Kier alpha value is -2.96. The molecule has 0 fully saturated rings. The van der Waals surface area contributed by atoms with Gasteiger partial charge in [0.1, 0.15) is 16.4 Å². The number of nitrogens with one attached hydrogen (secondary N) is 2. The molecule has 4 N–H and O–H groups in total. The van der Waals surface area contributed by atoms with Crippen LogP contribution in [0.2, 0.25) is 0 Å². The molecule has 4 rings (SSSR count). The lowest BCUT2D eigenvalue weighted by Crippen LogP contribution is -2.35. The Morgan fingerprint density at radius 1 is 1.19 bits per heavy atom. The van der Waals surface area contributed by atoms with Crippen molar-refractivity contribution in [2.45, 2.75) is 6.42 Å². The molecular weight excluding hydrogens is 366 g/mol. The van der Waals surface area contributed by atoms with Gasteiger partial charge in [0.2, 0.25) is 0 Å². The van der Waals surface area contributed by atoms with Gasteiger partial charge in [-0.2, -0.15) is 5.26 Å². The first kappa shape index (κ1) is 16.5. The van der Waals surface area contributed by atoms with Crippen LogP contribution in [-0.2, 0) is 0 Å². The van der Waals surface area contributed by atoms with Crippen LogP contribution in [0.3, 0.4) is 0 Å². The van der Waals surface area contributed by atoms with Crippen LogP contribution in [0, 0.1) is 11.3 Å². The highest BCUT2D eigenvalue weighted by Gasteiger charge is 2.13. The number of aromatic nitrogens is 2. The van der Waals surface area contributed by atoms with E-state index in [1.807, 2.05) is 10.8 Å². The van der Waals surface area contributed by atoms with Crippen LogP contribution in [0.5, 0.6) is 0 Å². The number of nitriles is 1. The number of guanidine groups is 1. The van der Waals surface area contributed by atoms with E-state index in [4.69, 9.17) is 11.0 Å².